The number of halogens is 3. The number of benzene rings is 1. The van der Waals surface area contributed by atoms with Crippen molar-refractivity contribution in [3.8, 4) is 0 Å². The summed E-state index contributed by atoms with van der Waals surface area (Å²) in [7, 11) is 0. The maximum absolute atomic E-state index is 13.4. The van der Waals surface area contributed by atoms with Crippen LogP contribution in [0.5, 0.6) is 0 Å². The van der Waals surface area contributed by atoms with E-state index in [-0.39, 0.29) is 18.3 Å². The lowest BCUT2D eigenvalue weighted by atomic mass is 10.2. The van der Waals surface area contributed by atoms with Crippen LogP contribution in [0.25, 0.3) is 0 Å². The Labute approximate surface area is 130 Å². The number of carbonyl (C=O) groups excluding carboxylic acids is 1. The van der Waals surface area contributed by atoms with Crippen LogP contribution in [0.4, 0.5) is 8.78 Å². The van der Waals surface area contributed by atoms with Crippen LogP contribution in [0.2, 0.25) is 0 Å². The van der Waals surface area contributed by atoms with E-state index in [4.69, 9.17) is 0 Å². The lowest BCUT2D eigenvalue weighted by Crippen LogP contribution is -2.36. The van der Waals surface area contributed by atoms with E-state index in [9.17, 15) is 13.6 Å². The largest absolute Gasteiger partial charge is 0.341 e. The highest BCUT2D eigenvalue weighted by Gasteiger charge is 2.15. The van der Waals surface area contributed by atoms with Gasteiger partial charge in [0.15, 0.2) is 0 Å². The van der Waals surface area contributed by atoms with Crippen LogP contribution in [0.15, 0.2) is 18.2 Å². The standard InChI is InChI=1S/C15H20F2N2O.ClH/c16-13-6-5-12(14(17)10-13)11-18-7-9-19-8-3-1-2-4-15(19)20;/h5-6,10,18H,1-4,7-9,11H2;1H. The molecule has 1 amide bonds. The van der Waals surface area contributed by atoms with Crippen LogP contribution in [-0.2, 0) is 11.3 Å². The number of rotatable bonds is 5. The Morgan fingerprint density at radius 3 is 2.76 bits per heavy atom. The molecule has 0 spiro atoms. The van der Waals surface area contributed by atoms with E-state index >= 15 is 0 Å². The van der Waals surface area contributed by atoms with Crippen molar-refractivity contribution in [1.82, 2.24) is 10.2 Å². The topological polar surface area (TPSA) is 32.3 Å². The second kappa shape index (κ2) is 8.95. The van der Waals surface area contributed by atoms with Crippen molar-refractivity contribution in [2.24, 2.45) is 0 Å². The molecule has 0 unspecified atom stereocenters. The number of hydrogen-bond acceptors (Lipinski definition) is 2. The molecule has 2 rings (SSSR count). The van der Waals surface area contributed by atoms with Crippen molar-refractivity contribution in [2.45, 2.75) is 32.2 Å². The first-order valence-corrected chi connectivity index (χ1v) is 7.09. The lowest BCUT2D eigenvalue weighted by Gasteiger charge is -2.20. The lowest BCUT2D eigenvalue weighted by molar-refractivity contribution is -0.130. The third-order valence-corrected chi connectivity index (χ3v) is 3.56. The molecule has 6 heteroatoms. The fraction of sp³-hybridized carbons (Fsp3) is 0.533. The highest BCUT2D eigenvalue weighted by atomic mass is 35.5. The molecule has 0 aromatic heterocycles. The van der Waals surface area contributed by atoms with Crippen LogP contribution < -0.4 is 5.32 Å². The van der Waals surface area contributed by atoms with Crippen LogP contribution in [0.3, 0.4) is 0 Å². The molecule has 1 fully saturated rings. The smallest absolute Gasteiger partial charge is 0.222 e. The number of amides is 1. The van der Waals surface area contributed by atoms with Crippen LogP contribution in [0.1, 0.15) is 31.2 Å². The third kappa shape index (κ3) is 5.59. The van der Waals surface area contributed by atoms with Gasteiger partial charge in [0.05, 0.1) is 0 Å². The van der Waals surface area contributed by atoms with Crippen molar-refractivity contribution < 1.29 is 13.6 Å². The Balaban J connectivity index is 0.00000220. The van der Waals surface area contributed by atoms with E-state index in [2.05, 4.69) is 5.32 Å². The quantitative estimate of drug-likeness (QED) is 0.847. The summed E-state index contributed by atoms with van der Waals surface area (Å²) in [4.78, 5) is 13.6. The number of hydrogen-bond donors (Lipinski definition) is 1. The van der Waals surface area contributed by atoms with Gasteiger partial charge in [0.1, 0.15) is 11.6 Å². The molecule has 3 nitrogen and oxygen atoms in total. The van der Waals surface area contributed by atoms with Crippen molar-refractivity contribution >= 4 is 18.3 Å². The summed E-state index contributed by atoms with van der Waals surface area (Å²) >= 11 is 0. The Morgan fingerprint density at radius 1 is 1.19 bits per heavy atom. The average molecular weight is 319 g/mol. The van der Waals surface area contributed by atoms with Gasteiger partial charge in [-0.1, -0.05) is 12.5 Å². The number of nitrogens with zero attached hydrogens (tertiary/aromatic N) is 1. The normalized spacial score (nSPS) is 15.5. The molecular formula is C15H21ClF2N2O. The first-order valence-electron chi connectivity index (χ1n) is 7.09. The van der Waals surface area contributed by atoms with Gasteiger partial charge in [0, 0.05) is 44.2 Å². The van der Waals surface area contributed by atoms with E-state index < -0.39 is 11.6 Å². The number of nitrogens with one attached hydrogen (secondary N) is 1. The second-order valence-corrected chi connectivity index (χ2v) is 5.10. The van der Waals surface area contributed by atoms with Gasteiger partial charge in [-0.3, -0.25) is 4.79 Å². The van der Waals surface area contributed by atoms with Gasteiger partial charge >= 0.3 is 0 Å². The highest BCUT2D eigenvalue weighted by Crippen LogP contribution is 2.11. The molecule has 0 atom stereocenters. The molecule has 1 aromatic carbocycles. The predicted octanol–water partition coefficient (Wildman–Crippen LogP) is 2.88. The molecule has 1 N–H and O–H groups in total. The van der Waals surface area contributed by atoms with E-state index in [1.807, 2.05) is 4.90 Å². The van der Waals surface area contributed by atoms with Crippen molar-refractivity contribution in [2.75, 3.05) is 19.6 Å². The molecular weight excluding hydrogens is 298 g/mol. The van der Waals surface area contributed by atoms with E-state index in [0.29, 0.717) is 31.6 Å². The van der Waals surface area contributed by atoms with Gasteiger partial charge in [-0.15, -0.1) is 12.4 Å². The zero-order chi connectivity index (χ0) is 14.4. The summed E-state index contributed by atoms with van der Waals surface area (Å²) in [5.41, 5.74) is 0.439. The highest BCUT2D eigenvalue weighted by molar-refractivity contribution is 5.85. The molecule has 1 aromatic rings. The molecule has 0 bridgehead atoms. The Hall–Kier alpha value is -1.20. The molecule has 0 radical (unpaired) electrons. The summed E-state index contributed by atoms with van der Waals surface area (Å²) in [5, 5.41) is 3.09. The maximum atomic E-state index is 13.4. The fourth-order valence-corrected chi connectivity index (χ4v) is 2.38. The fourth-order valence-electron chi connectivity index (χ4n) is 2.38. The monoisotopic (exact) mass is 318 g/mol. The van der Waals surface area contributed by atoms with Gasteiger partial charge in [0.25, 0.3) is 0 Å². The Morgan fingerprint density at radius 2 is 2.00 bits per heavy atom. The van der Waals surface area contributed by atoms with E-state index in [0.717, 1.165) is 31.9 Å². The second-order valence-electron chi connectivity index (χ2n) is 5.10. The third-order valence-electron chi connectivity index (χ3n) is 3.56. The summed E-state index contributed by atoms with van der Waals surface area (Å²) in [6.45, 7) is 2.41. The van der Waals surface area contributed by atoms with Crippen molar-refractivity contribution in [3.63, 3.8) is 0 Å². The van der Waals surface area contributed by atoms with Crippen LogP contribution >= 0.6 is 12.4 Å². The molecule has 118 valence electrons. The van der Waals surface area contributed by atoms with Crippen LogP contribution in [-0.4, -0.2) is 30.4 Å². The molecule has 1 saturated heterocycles. The SMILES string of the molecule is Cl.O=C1CCCCCN1CCNCc1ccc(F)cc1F. The molecule has 0 saturated carbocycles. The molecule has 21 heavy (non-hydrogen) atoms. The zero-order valence-electron chi connectivity index (χ0n) is 11.9. The van der Waals surface area contributed by atoms with Gasteiger partial charge < -0.3 is 10.2 Å². The summed E-state index contributed by atoms with van der Waals surface area (Å²) in [5.74, 6) is -0.901. The number of likely N-dealkylation sites (tertiary alicyclic amines) is 1. The first-order chi connectivity index (χ1) is 9.66. The molecule has 1 aliphatic rings. The minimum atomic E-state index is -0.568. The summed E-state index contributed by atoms with van der Waals surface area (Å²) in [6.07, 6.45) is 3.77. The van der Waals surface area contributed by atoms with E-state index in [1.54, 1.807) is 0 Å². The molecule has 1 aliphatic heterocycles. The van der Waals surface area contributed by atoms with Crippen molar-refractivity contribution in [3.05, 3.63) is 35.4 Å². The van der Waals surface area contributed by atoms with Gasteiger partial charge in [-0.05, 0) is 18.9 Å². The Bertz CT molecular complexity index is 471. The summed E-state index contributed by atoms with van der Waals surface area (Å²) < 4.78 is 26.2. The van der Waals surface area contributed by atoms with E-state index in [1.165, 1.54) is 12.1 Å². The van der Waals surface area contributed by atoms with Gasteiger partial charge in [0.2, 0.25) is 5.91 Å². The Kier molecular flexibility index (Phi) is 7.61. The first kappa shape index (κ1) is 17.9. The predicted molar refractivity (Wildman–Crippen MR) is 80.4 cm³/mol. The molecule has 0 aliphatic carbocycles. The minimum Gasteiger partial charge on any atom is -0.341 e. The zero-order valence-corrected chi connectivity index (χ0v) is 12.7. The molecule has 1 heterocycles. The average Bonchev–Trinajstić information content (AvgIpc) is 2.62. The maximum Gasteiger partial charge on any atom is 0.222 e. The minimum absolute atomic E-state index is 0. The summed E-state index contributed by atoms with van der Waals surface area (Å²) in [6, 6.07) is 3.57. The number of carbonyl (C=O) groups is 1. The van der Waals surface area contributed by atoms with Gasteiger partial charge in [-0.2, -0.15) is 0 Å². The van der Waals surface area contributed by atoms with Crippen molar-refractivity contribution in [1.29, 1.82) is 0 Å². The van der Waals surface area contributed by atoms with Crippen LogP contribution in [0, 0.1) is 11.6 Å². The van der Waals surface area contributed by atoms with Gasteiger partial charge in [-0.25, -0.2) is 8.78 Å².